The van der Waals surface area contributed by atoms with Crippen LogP contribution in [0.15, 0.2) is 0 Å². The Morgan fingerprint density at radius 1 is 1.18 bits per heavy atom. The summed E-state index contributed by atoms with van der Waals surface area (Å²) in [6, 6.07) is -0.405. The van der Waals surface area contributed by atoms with E-state index in [2.05, 4.69) is 6.92 Å². The molecule has 0 heterocycles. The zero-order valence-electron chi connectivity index (χ0n) is 11.3. The number of hydrogen-bond donors (Lipinski definition) is 2. The first-order valence-electron chi connectivity index (χ1n) is 6.82. The summed E-state index contributed by atoms with van der Waals surface area (Å²) < 4.78 is 0. The van der Waals surface area contributed by atoms with E-state index in [1.54, 1.807) is 4.90 Å². The van der Waals surface area contributed by atoms with Gasteiger partial charge in [-0.3, -0.25) is 4.79 Å². The summed E-state index contributed by atoms with van der Waals surface area (Å²) in [4.78, 5) is 13.7. The third kappa shape index (κ3) is 7.34. The maximum Gasteiger partial charge on any atom is 0.239 e. The van der Waals surface area contributed by atoms with Crippen LogP contribution in [0.1, 0.15) is 52.4 Å². The molecule has 0 fully saturated rings. The van der Waals surface area contributed by atoms with E-state index in [0.717, 1.165) is 32.2 Å². The molecule has 0 saturated carbocycles. The molecule has 1 atom stereocenters. The van der Waals surface area contributed by atoms with Gasteiger partial charge in [0.1, 0.15) is 0 Å². The topological polar surface area (TPSA) is 66.6 Å². The Hall–Kier alpha value is -0.610. The molecule has 17 heavy (non-hydrogen) atoms. The van der Waals surface area contributed by atoms with Crippen LogP contribution in [0.4, 0.5) is 0 Å². The van der Waals surface area contributed by atoms with Gasteiger partial charge in [0.25, 0.3) is 0 Å². The minimum Gasteiger partial charge on any atom is -0.395 e. The fourth-order valence-electron chi connectivity index (χ4n) is 1.85. The molecule has 1 amide bonds. The molecule has 0 aliphatic heterocycles. The maximum atomic E-state index is 12.0. The largest absolute Gasteiger partial charge is 0.395 e. The fraction of sp³-hybridized carbons (Fsp3) is 0.923. The summed E-state index contributed by atoms with van der Waals surface area (Å²) >= 11 is 0. The molecule has 1 unspecified atom stereocenters. The summed E-state index contributed by atoms with van der Waals surface area (Å²) in [5.74, 6) is -0.0163. The number of amides is 1. The molecule has 102 valence electrons. The third-order valence-electron chi connectivity index (χ3n) is 2.88. The monoisotopic (exact) mass is 244 g/mol. The van der Waals surface area contributed by atoms with E-state index >= 15 is 0 Å². The molecular weight excluding hydrogens is 216 g/mol. The lowest BCUT2D eigenvalue weighted by Gasteiger charge is -2.24. The predicted octanol–water partition coefficient (Wildman–Crippen LogP) is 1.51. The van der Waals surface area contributed by atoms with Crippen LogP contribution in [-0.4, -0.2) is 41.7 Å². The van der Waals surface area contributed by atoms with Crippen molar-refractivity contribution in [3.05, 3.63) is 0 Å². The zero-order valence-corrected chi connectivity index (χ0v) is 11.3. The Morgan fingerprint density at radius 3 is 2.41 bits per heavy atom. The van der Waals surface area contributed by atoms with Crippen molar-refractivity contribution in [1.82, 2.24) is 4.90 Å². The van der Waals surface area contributed by atoms with Gasteiger partial charge in [0, 0.05) is 13.1 Å². The number of aliphatic hydroxyl groups excluding tert-OH is 1. The maximum absolute atomic E-state index is 12.0. The molecular formula is C13H28N2O2. The Kier molecular flexibility index (Phi) is 10.2. The summed E-state index contributed by atoms with van der Waals surface area (Å²) in [6.07, 6.45) is 6.14. The van der Waals surface area contributed by atoms with E-state index in [4.69, 9.17) is 10.8 Å². The van der Waals surface area contributed by atoms with E-state index in [9.17, 15) is 4.79 Å². The predicted molar refractivity (Wildman–Crippen MR) is 70.7 cm³/mol. The average Bonchev–Trinajstić information content (AvgIpc) is 2.32. The van der Waals surface area contributed by atoms with Gasteiger partial charge in [0.15, 0.2) is 0 Å². The van der Waals surface area contributed by atoms with Gasteiger partial charge >= 0.3 is 0 Å². The summed E-state index contributed by atoms with van der Waals surface area (Å²) in [6.45, 7) is 5.32. The SMILES string of the molecule is CCCCCCN(CCO)C(=O)C(N)CCC. The second-order valence-corrected chi connectivity index (χ2v) is 4.50. The highest BCUT2D eigenvalue weighted by atomic mass is 16.3. The highest BCUT2D eigenvalue weighted by Crippen LogP contribution is 2.05. The Balaban J connectivity index is 4.06. The van der Waals surface area contributed by atoms with Crippen LogP contribution in [0.5, 0.6) is 0 Å². The first kappa shape index (κ1) is 16.4. The lowest BCUT2D eigenvalue weighted by Crippen LogP contribution is -2.45. The molecule has 0 aliphatic rings. The van der Waals surface area contributed by atoms with Crippen molar-refractivity contribution in [1.29, 1.82) is 0 Å². The molecule has 0 saturated heterocycles. The Bertz CT molecular complexity index is 198. The molecule has 0 aromatic heterocycles. The molecule has 0 aromatic carbocycles. The van der Waals surface area contributed by atoms with Crippen molar-refractivity contribution in [2.45, 2.75) is 58.4 Å². The fourth-order valence-corrected chi connectivity index (χ4v) is 1.85. The van der Waals surface area contributed by atoms with Gasteiger partial charge in [-0.15, -0.1) is 0 Å². The second kappa shape index (κ2) is 10.5. The minimum absolute atomic E-state index is 0.0123. The van der Waals surface area contributed by atoms with Gasteiger partial charge in [-0.25, -0.2) is 0 Å². The Morgan fingerprint density at radius 2 is 1.88 bits per heavy atom. The molecule has 0 radical (unpaired) electrons. The van der Waals surface area contributed by atoms with E-state index < -0.39 is 6.04 Å². The minimum atomic E-state index is -0.405. The highest BCUT2D eigenvalue weighted by molar-refractivity contribution is 5.81. The van der Waals surface area contributed by atoms with Crippen molar-refractivity contribution in [3.63, 3.8) is 0 Å². The molecule has 4 heteroatoms. The number of hydrogen-bond acceptors (Lipinski definition) is 3. The standard InChI is InChI=1S/C13H28N2O2/c1-3-5-6-7-9-15(10-11-16)13(17)12(14)8-4-2/h12,16H,3-11,14H2,1-2H3. The average molecular weight is 244 g/mol. The second-order valence-electron chi connectivity index (χ2n) is 4.50. The van der Waals surface area contributed by atoms with Gasteiger partial charge in [-0.1, -0.05) is 39.5 Å². The first-order valence-corrected chi connectivity index (χ1v) is 6.82. The van der Waals surface area contributed by atoms with Crippen molar-refractivity contribution >= 4 is 5.91 Å². The van der Waals surface area contributed by atoms with Gasteiger partial charge in [-0.05, 0) is 12.8 Å². The third-order valence-corrected chi connectivity index (χ3v) is 2.88. The molecule has 4 nitrogen and oxygen atoms in total. The first-order chi connectivity index (χ1) is 8.17. The number of nitrogens with two attached hydrogens (primary N) is 1. The van der Waals surface area contributed by atoms with E-state index in [0.29, 0.717) is 6.54 Å². The summed E-state index contributed by atoms with van der Waals surface area (Å²) in [5, 5.41) is 8.97. The molecule has 0 aromatic rings. The van der Waals surface area contributed by atoms with Crippen molar-refractivity contribution in [3.8, 4) is 0 Å². The van der Waals surface area contributed by atoms with E-state index in [-0.39, 0.29) is 12.5 Å². The molecule has 0 rings (SSSR count). The molecule has 0 aliphatic carbocycles. The quantitative estimate of drug-likeness (QED) is 0.573. The Labute approximate surface area is 105 Å². The molecule has 0 bridgehead atoms. The highest BCUT2D eigenvalue weighted by Gasteiger charge is 2.19. The van der Waals surface area contributed by atoms with Crippen molar-refractivity contribution in [2.24, 2.45) is 5.73 Å². The van der Waals surface area contributed by atoms with E-state index in [1.807, 2.05) is 6.92 Å². The number of unbranched alkanes of at least 4 members (excludes halogenated alkanes) is 3. The number of rotatable bonds is 10. The summed E-state index contributed by atoms with van der Waals surface area (Å²) in [7, 11) is 0. The van der Waals surface area contributed by atoms with Crippen LogP contribution < -0.4 is 5.73 Å². The van der Waals surface area contributed by atoms with Gasteiger partial charge in [0.2, 0.25) is 5.91 Å². The normalized spacial score (nSPS) is 12.5. The smallest absolute Gasteiger partial charge is 0.239 e. The van der Waals surface area contributed by atoms with Crippen LogP contribution in [0.25, 0.3) is 0 Å². The van der Waals surface area contributed by atoms with Gasteiger partial charge in [0.05, 0.1) is 12.6 Å². The lowest BCUT2D eigenvalue weighted by molar-refractivity contribution is -0.133. The van der Waals surface area contributed by atoms with Gasteiger partial charge < -0.3 is 15.7 Å². The van der Waals surface area contributed by atoms with Crippen molar-refractivity contribution < 1.29 is 9.90 Å². The van der Waals surface area contributed by atoms with Crippen LogP contribution in [0.3, 0.4) is 0 Å². The van der Waals surface area contributed by atoms with Crippen LogP contribution in [-0.2, 0) is 4.79 Å². The van der Waals surface area contributed by atoms with Gasteiger partial charge in [-0.2, -0.15) is 0 Å². The van der Waals surface area contributed by atoms with Crippen LogP contribution in [0, 0.1) is 0 Å². The summed E-state index contributed by atoms with van der Waals surface area (Å²) in [5.41, 5.74) is 5.82. The number of aliphatic hydroxyl groups is 1. The molecule has 3 N–H and O–H groups in total. The van der Waals surface area contributed by atoms with Crippen LogP contribution >= 0.6 is 0 Å². The van der Waals surface area contributed by atoms with Crippen molar-refractivity contribution in [2.75, 3.05) is 19.7 Å². The van der Waals surface area contributed by atoms with Crippen LogP contribution in [0.2, 0.25) is 0 Å². The lowest BCUT2D eigenvalue weighted by atomic mass is 10.1. The number of carbonyl (C=O) groups is 1. The number of nitrogens with zero attached hydrogens (tertiary/aromatic N) is 1. The molecule has 0 spiro atoms. The van der Waals surface area contributed by atoms with E-state index in [1.165, 1.54) is 12.8 Å². The number of carbonyl (C=O) groups excluding carboxylic acids is 1. The zero-order chi connectivity index (χ0) is 13.1.